The summed E-state index contributed by atoms with van der Waals surface area (Å²) in [6.45, 7) is 5.00. The van der Waals surface area contributed by atoms with Crippen LogP contribution in [0.3, 0.4) is 0 Å². The summed E-state index contributed by atoms with van der Waals surface area (Å²) in [6, 6.07) is 5.44. The van der Waals surface area contributed by atoms with E-state index in [0.717, 1.165) is 12.2 Å². The number of nitrogens with zero attached hydrogens (tertiary/aromatic N) is 4. The van der Waals surface area contributed by atoms with Gasteiger partial charge in [0.2, 0.25) is 11.8 Å². The number of nitrogens with one attached hydrogen (secondary N) is 3. The number of likely N-dealkylation sites (N-methyl/N-ethyl adjacent to an activating group) is 1. The first kappa shape index (κ1) is 23.0. The summed E-state index contributed by atoms with van der Waals surface area (Å²) >= 11 is 9.58. The van der Waals surface area contributed by atoms with Gasteiger partial charge >= 0.3 is 0 Å². The fourth-order valence-corrected chi connectivity index (χ4v) is 3.59. The van der Waals surface area contributed by atoms with Crippen LogP contribution in [0.1, 0.15) is 30.2 Å². The molecule has 11 heteroatoms. The van der Waals surface area contributed by atoms with Gasteiger partial charge in [0.25, 0.3) is 5.91 Å². The van der Waals surface area contributed by atoms with Gasteiger partial charge in [0.05, 0.1) is 35.2 Å². The second kappa shape index (κ2) is 10.6. The number of hydrogen-bond acceptors (Lipinski definition) is 7. The molecule has 164 valence electrons. The van der Waals surface area contributed by atoms with Crippen LogP contribution in [0.5, 0.6) is 5.88 Å². The van der Waals surface area contributed by atoms with Crippen LogP contribution in [0, 0.1) is 0 Å². The number of amides is 1. The van der Waals surface area contributed by atoms with Crippen molar-refractivity contribution >= 4 is 50.8 Å². The molecule has 0 aliphatic rings. The molecule has 1 aromatic carbocycles. The lowest BCUT2D eigenvalue weighted by Crippen LogP contribution is -2.20. The number of para-hydroxylation sites is 1. The minimum atomic E-state index is -0.433. The quantitative estimate of drug-likeness (QED) is 0.396. The monoisotopic (exact) mass is 507 g/mol. The van der Waals surface area contributed by atoms with Gasteiger partial charge in [0, 0.05) is 23.4 Å². The van der Waals surface area contributed by atoms with Crippen molar-refractivity contribution in [1.82, 2.24) is 25.1 Å². The molecule has 2 heterocycles. The molecule has 1 atom stereocenters. The molecule has 0 aliphatic carbocycles. The van der Waals surface area contributed by atoms with E-state index in [0.29, 0.717) is 27.7 Å². The van der Waals surface area contributed by atoms with Crippen molar-refractivity contribution < 1.29 is 9.53 Å². The van der Waals surface area contributed by atoms with E-state index in [2.05, 4.69) is 53.9 Å². The first-order valence-corrected chi connectivity index (χ1v) is 10.8. The maximum atomic E-state index is 12.8. The Labute approximate surface area is 193 Å². The zero-order valence-electron chi connectivity index (χ0n) is 17.3. The molecule has 3 N–H and O–H groups in total. The molecule has 2 aromatic heterocycles. The summed E-state index contributed by atoms with van der Waals surface area (Å²) in [5.74, 6) is 0.0221. The molecular weight excluding hydrogens is 486 g/mol. The lowest BCUT2D eigenvalue weighted by molar-refractivity contribution is 0.102. The second-order valence-electron chi connectivity index (χ2n) is 6.64. The third-order valence-corrected chi connectivity index (χ3v) is 5.27. The lowest BCUT2D eigenvalue weighted by Gasteiger charge is -2.13. The molecule has 1 amide bonds. The molecule has 3 rings (SSSR count). The van der Waals surface area contributed by atoms with E-state index >= 15 is 0 Å². The van der Waals surface area contributed by atoms with Crippen LogP contribution in [0.25, 0.3) is 0 Å². The van der Waals surface area contributed by atoms with E-state index in [-0.39, 0.29) is 17.5 Å². The van der Waals surface area contributed by atoms with Crippen LogP contribution in [-0.2, 0) is 0 Å². The highest BCUT2D eigenvalue weighted by molar-refractivity contribution is 9.10. The first-order chi connectivity index (χ1) is 14.9. The average molecular weight is 509 g/mol. The fraction of sp³-hybridized carbons (Fsp3) is 0.300. The third kappa shape index (κ3) is 5.72. The highest BCUT2D eigenvalue weighted by Crippen LogP contribution is 2.31. The number of rotatable bonds is 9. The number of carbonyl (C=O) groups is 1. The van der Waals surface area contributed by atoms with Crippen LogP contribution >= 0.6 is 27.5 Å². The maximum Gasteiger partial charge on any atom is 0.262 e. The van der Waals surface area contributed by atoms with Gasteiger partial charge in [0.1, 0.15) is 5.56 Å². The minimum absolute atomic E-state index is 0.164. The summed E-state index contributed by atoms with van der Waals surface area (Å²) in [5, 5.41) is 13.7. The van der Waals surface area contributed by atoms with Gasteiger partial charge in [-0.15, -0.1) is 0 Å². The lowest BCUT2D eigenvalue weighted by atomic mass is 10.2. The van der Waals surface area contributed by atoms with Crippen LogP contribution in [0.4, 0.5) is 17.3 Å². The van der Waals surface area contributed by atoms with E-state index in [1.165, 1.54) is 6.20 Å². The summed E-state index contributed by atoms with van der Waals surface area (Å²) in [6.07, 6.45) is 4.96. The van der Waals surface area contributed by atoms with Crippen molar-refractivity contribution in [3.63, 3.8) is 0 Å². The summed E-state index contributed by atoms with van der Waals surface area (Å²) in [4.78, 5) is 21.4. The highest BCUT2D eigenvalue weighted by atomic mass is 79.9. The van der Waals surface area contributed by atoms with Crippen molar-refractivity contribution in [1.29, 1.82) is 0 Å². The summed E-state index contributed by atoms with van der Waals surface area (Å²) in [7, 11) is 1.89. The Balaban J connectivity index is 1.80. The number of ether oxygens (including phenoxy) is 1. The molecule has 0 aliphatic heterocycles. The first-order valence-electron chi connectivity index (χ1n) is 9.63. The number of anilines is 3. The number of aromatic nitrogens is 4. The van der Waals surface area contributed by atoms with Gasteiger partial charge in [-0.05, 0) is 49.0 Å². The Hall–Kier alpha value is -2.69. The topological polar surface area (TPSA) is 106 Å². The Morgan fingerprint density at radius 3 is 2.87 bits per heavy atom. The Morgan fingerprint density at radius 2 is 2.16 bits per heavy atom. The number of halogens is 2. The van der Waals surface area contributed by atoms with E-state index < -0.39 is 5.91 Å². The SMILES string of the molecule is CCOc1nc(Nc2cnn([C@@H](C)CNC)c2)ncc1C(=O)Nc1c(Cl)cccc1Br. The van der Waals surface area contributed by atoms with Gasteiger partial charge in [-0.25, -0.2) is 4.98 Å². The van der Waals surface area contributed by atoms with Crippen LogP contribution in [0.2, 0.25) is 5.02 Å². The molecule has 0 saturated heterocycles. The minimum Gasteiger partial charge on any atom is -0.477 e. The van der Waals surface area contributed by atoms with Crippen LogP contribution in [-0.4, -0.2) is 45.9 Å². The summed E-state index contributed by atoms with van der Waals surface area (Å²) in [5.41, 5.74) is 1.38. The van der Waals surface area contributed by atoms with Crippen molar-refractivity contribution in [2.75, 3.05) is 30.8 Å². The zero-order valence-corrected chi connectivity index (χ0v) is 19.7. The molecule has 31 heavy (non-hydrogen) atoms. The van der Waals surface area contributed by atoms with Crippen molar-refractivity contribution in [3.8, 4) is 5.88 Å². The van der Waals surface area contributed by atoms with Gasteiger partial charge in [-0.1, -0.05) is 17.7 Å². The average Bonchev–Trinajstić information content (AvgIpc) is 3.20. The van der Waals surface area contributed by atoms with Crippen LogP contribution in [0.15, 0.2) is 41.3 Å². The van der Waals surface area contributed by atoms with Crippen molar-refractivity contribution in [3.05, 3.63) is 51.8 Å². The summed E-state index contributed by atoms with van der Waals surface area (Å²) < 4.78 is 8.09. The van der Waals surface area contributed by atoms with E-state index in [1.54, 1.807) is 24.4 Å². The fourth-order valence-electron chi connectivity index (χ4n) is 2.79. The molecule has 0 fully saturated rings. The zero-order chi connectivity index (χ0) is 22.4. The number of benzene rings is 1. The standard InChI is InChI=1S/C20H23BrClN7O2/c1-4-31-19-14(18(30)27-17-15(21)6-5-7-16(17)22)10-24-20(28-19)26-13-9-25-29(11-13)12(2)8-23-3/h5-7,9-12,23H,4,8H2,1-3H3,(H,27,30)(H,24,26,28)/t12-/m0/s1. The number of hydrogen-bond donors (Lipinski definition) is 3. The predicted molar refractivity (Wildman–Crippen MR) is 124 cm³/mol. The molecule has 0 saturated carbocycles. The molecule has 0 unspecified atom stereocenters. The third-order valence-electron chi connectivity index (χ3n) is 4.29. The van der Waals surface area contributed by atoms with Crippen molar-refractivity contribution in [2.45, 2.75) is 19.9 Å². The van der Waals surface area contributed by atoms with Gasteiger partial charge < -0.3 is 20.7 Å². The molecule has 0 radical (unpaired) electrons. The van der Waals surface area contributed by atoms with E-state index in [4.69, 9.17) is 16.3 Å². The largest absolute Gasteiger partial charge is 0.477 e. The normalized spacial score (nSPS) is 11.8. The van der Waals surface area contributed by atoms with Crippen molar-refractivity contribution in [2.24, 2.45) is 0 Å². The van der Waals surface area contributed by atoms with Gasteiger partial charge in [-0.2, -0.15) is 10.1 Å². The van der Waals surface area contributed by atoms with E-state index in [9.17, 15) is 4.79 Å². The predicted octanol–water partition coefficient (Wildman–Crippen LogP) is 4.26. The van der Waals surface area contributed by atoms with Gasteiger partial charge in [-0.3, -0.25) is 9.48 Å². The Morgan fingerprint density at radius 1 is 1.35 bits per heavy atom. The molecular formula is C20H23BrClN7O2. The van der Waals surface area contributed by atoms with E-state index in [1.807, 2.05) is 24.9 Å². The Kier molecular flexibility index (Phi) is 7.83. The Bertz CT molecular complexity index is 1040. The second-order valence-corrected chi connectivity index (χ2v) is 7.90. The maximum absolute atomic E-state index is 12.8. The smallest absolute Gasteiger partial charge is 0.262 e. The van der Waals surface area contributed by atoms with Gasteiger partial charge in [0.15, 0.2) is 0 Å². The molecule has 9 nitrogen and oxygen atoms in total. The highest BCUT2D eigenvalue weighted by Gasteiger charge is 2.19. The number of carbonyl (C=O) groups excluding carboxylic acids is 1. The molecule has 0 spiro atoms. The molecule has 0 bridgehead atoms. The van der Waals surface area contributed by atoms with Crippen LogP contribution < -0.4 is 20.7 Å². The molecule has 3 aromatic rings.